The van der Waals surface area contributed by atoms with Crippen molar-refractivity contribution in [3.8, 4) is 0 Å². The lowest BCUT2D eigenvalue weighted by Crippen LogP contribution is -2.44. The largest absolute Gasteiger partial charge is 0.354 e. The Hall–Kier alpha value is -2.56. The van der Waals surface area contributed by atoms with Crippen molar-refractivity contribution in [1.82, 2.24) is 14.8 Å². The number of carbonyl (C=O) groups is 2. The SMILES string of the molecule is CC(C)NC(=O)CC1CC2(CCN(C(=O)c3cccn3C)CC2)c2ccccc21. The molecule has 1 aromatic carbocycles. The Kier molecular flexibility index (Phi) is 5.24. The van der Waals surface area contributed by atoms with Crippen LogP contribution in [0, 0.1) is 0 Å². The third kappa shape index (κ3) is 3.70. The van der Waals surface area contributed by atoms with Crippen LogP contribution in [-0.2, 0) is 17.3 Å². The summed E-state index contributed by atoms with van der Waals surface area (Å²) in [6.45, 7) is 5.54. The van der Waals surface area contributed by atoms with Crippen LogP contribution in [0.1, 0.15) is 67.1 Å². The number of piperidine rings is 1. The Morgan fingerprint density at radius 1 is 1.14 bits per heavy atom. The number of hydrogen-bond donors (Lipinski definition) is 1. The van der Waals surface area contributed by atoms with Gasteiger partial charge in [0.2, 0.25) is 5.91 Å². The van der Waals surface area contributed by atoms with Crippen molar-refractivity contribution in [2.45, 2.75) is 56.9 Å². The van der Waals surface area contributed by atoms with E-state index >= 15 is 0 Å². The highest BCUT2D eigenvalue weighted by molar-refractivity contribution is 5.92. The van der Waals surface area contributed by atoms with Gasteiger partial charge in [-0.25, -0.2) is 0 Å². The maximum atomic E-state index is 12.9. The highest BCUT2D eigenvalue weighted by Gasteiger charge is 2.46. The number of nitrogens with one attached hydrogen (secondary N) is 1. The van der Waals surface area contributed by atoms with E-state index in [2.05, 4.69) is 29.6 Å². The van der Waals surface area contributed by atoms with Gasteiger partial charge in [-0.2, -0.15) is 0 Å². The predicted molar refractivity (Wildman–Crippen MR) is 114 cm³/mol. The van der Waals surface area contributed by atoms with Crippen LogP contribution in [0.25, 0.3) is 0 Å². The lowest BCUT2D eigenvalue weighted by molar-refractivity contribution is -0.122. The van der Waals surface area contributed by atoms with Crippen LogP contribution in [0.2, 0.25) is 0 Å². The average Bonchev–Trinajstić information content (AvgIpc) is 3.24. The van der Waals surface area contributed by atoms with Crippen LogP contribution in [-0.4, -0.2) is 40.4 Å². The van der Waals surface area contributed by atoms with Crippen molar-refractivity contribution in [2.24, 2.45) is 7.05 Å². The van der Waals surface area contributed by atoms with Gasteiger partial charge in [0.15, 0.2) is 0 Å². The number of nitrogens with zero attached hydrogens (tertiary/aromatic N) is 2. The summed E-state index contributed by atoms with van der Waals surface area (Å²) in [4.78, 5) is 27.3. The standard InChI is InChI=1S/C24H31N3O2/c1-17(2)25-22(28)15-18-16-24(20-8-5-4-7-19(18)20)10-13-27(14-11-24)23(29)21-9-6-12-26(21)3/h4-9,12,17-18H,10-11,13-16H2,1-3H3,(H,25,28). The maximum Gasteiger partial charge on any atom is 0.270 e. The normalized spacial score (nSPS) is 20.1. The molecule has 0 bridgehead atoms. The molecule has 5 heteroatoms. The van der Waals surface area contributed by atoms with Crippen LogP contribution in [0.15, 0.2) is 42.6 Å². The first kappa shape index (κ1) is 19.7. The predicted octanol–water partition coefficient (Wildman–Crippen LogP) is 3.60. The van der Waals surface area contributed by atoms with Gasteiger partial charge >= 0.3 is 0 Å². The number of hydrogen-bond acceptors (Lipinski definition) is 2. The summed E-state index contributed by atoms with van der Waals surface area (Å²) in [7, 11) is 1.92. The molecule has 1 fully saturated rings. The Morgan fingerprint density at radius 3 is 2.52 bits per heavy atom. The minimum Gasteiger partial charge on any atom is -0.354 e. The van der Waals surface area contributed by atoms with Gasteiger partial charge in [0, 0.05) is 38.8 Å². The maximum absolute atomic E-state index is 12.9. The van der Waals surface area contributed by atoms with Crippen LogP contribution in [0.4, 0.5) is 0 Å². The minimum atomic E-state index is 0.0877. The van der Waals surface area contributed by atoms with Gasteiger partial charge in [0.05, 0.1) is 0 Å². The summed E-state index contributed by atoms with van der Waals surface area (Å²) in [5.41, 5.74) is 3.56. The smallest absolute Gasteiger partial charge is 0.270 e. The van der Waals surface area contributed by atoms with E-state index in [4.69, 9.17) is 0 Å². The molecule has 1 aliphatic carbocycles. The molecule has 154 valence electrons. The summed E-state index contributed by atoms with van der Waals surface area (Å²) in [5, 5.41) is 3.04. The second kappa shape index (κ2) is 7.69. The van der Waals surface area contributed by atoms with E-state index < -0.39 is 0 Å². The van der Waals surface area contributed by atoms with Crippen molar-refractivity contribution in [3.63, 3.8) is 0 Å². The first-order chi connectivity index (χ1) is 13.9. The molecule has 4 rings (SSSR count). The van der Waals surface area contributed by atoms with Gasteiger partial charge in [-0.1, -0.05) is 24.3 Å². The number of likely N-dealkylation sites (tertiary alicyclic amines) is 1. The molecule has 2 aliphatic rings. The third-order valence-corrected chi connectivity index (χ3v) is 6.66. The Bertz CT molecular complexity index is 906. The van der Waals surface area contributed by atoms with E-state index in [-0.39, 0.29) is 29.2 Å². The van der Waals surface area contributed by atoms with Crippen LogP contribution in [0.3, 0.4) is 0 Å². The van der Waals surface area contributed by atoms with E-state index in [0.29, 0.717) is 6.42 Å². The zero-order valence-electron chi connectivity index (χ0n) is 17.6. The molecule has 2 heterocycles. The summed E-state index contributed by atoms with van der Waals surface area (Å²) in [6, 6.07) is 12.6. The van der Waals surface area contributed by atoms with Crippen LogP contribution < -0.4 is 5.32 Å². The third-order valence-electron chi connectivity index (χ3n) is 6.66. The van der Waals surface area contributed by atoms with Gasteiger partial charge in [0.25, 0.3) is 5.91 Å². The van der Waals surface area contributed by atoms with Crippen LogP contribution in [0.5, 0.6) is 0 Å². The quantitative estimate of drug-likeness (QED) is 0.863. The molecular weight excluding hydrogens is 362 g/mol. The van der Waals surface area contributed by atoms with Gasteiger partial charge in [0.1, 0.15) is 5.69 Å². The molecule has 1 aliphatic heterocycles. The molecule has 29 heavy (non-hydrogen) atoms. The molecule has 1 saturated heterocycles. The van der Waals surface area contributed by atoms with Gasteiger partial charge in [-0.15, -0.1) is 0 Å². The molecule has 2 amide bonds. The van der Waals surface area contributed by atoms with E-state index in [9.17, 15) is 9.59 Å². The van der Waals surface area contributed by atoms with Crippen molar-refractivity contribution >= 4 is 11.8 Å². The Labute approximate surface area is 173 Å². The monoisotopic (exact) mass is 393 g/mol. The molecular formula is C24H31N3O2. The summed E-state index contributed by atoms with van der Waals surface area (Å²) < 4.78 is 1.89. The number of carbonyl (C=O) groups excluding carboxylic acids is 2. The van der Waals surface area contributed by atoms with Crippen molar-refractivity contribution < 1.29 is 9.59 Å². The fourth-order valence-corrected chi connectivity index (χ4v) is 5.27. The zero-order chi connectivity index (χ0) is 20.6. The fourth-order valence-electron chi connectivity index (χ4n) is 5.27. The number of rotatable bonds is 4. The molecule has 1 unspecified atom stereocenters. The van der Waals surface area contributed by atoms with E-state index in [0.717, 1.165) is 38.0 Å². The summed E-state index contributed by atoms with van der Waals surface area (Å²) >= 11 is 0. The lowest BCUT2D eigenvalue weighted by Gasteiger charge is -2.40. The number of benzene rings is 1. The molecule has 0 saturated carbocycles. The second-order valence-corrected chi connectivity index (χ2v) is 8.99. The minimum absolute atomic E-state index is 0.0877. The van der Waals surface area contributed by atoms with E-state index in [1.807, 2.05) is 48.7 Å². The number of aryl methyl sites for hydroxylation is 1. The van der Waals surface area contributed by atoms with Crippen molar-refractivity contribution in [2.75, 3.05) is 13.1 Å². The molecule has 1 N–H and O–H groups in total. The molecule has 5 nitrogen and oxygen atoms in total. The van der Waals surface area contributed by atoms with Gasteiger partial charge in [-0.3, -0.25) is 9.59 Å². The fraction of sp³-hybridized carbons (Fsp3) is 0.500. The molecule has 0 radical (unpaired) electrons. The molecule has 1 spiro atoms. The molecule has 1 aromatic heterocycles. The van der Waals surface area contributed by atoms with Crippen LogP contribution >= 0.6 is 0 Å². The lowest BCUT2D eigenvalue weighted by atomic mass is 9.73. The van der Waals surface area contributed by atoms with Crippen molar-refractivity contribution in [3.05, 3.63) is 59.4 Å². The molecule has 1 atom stereocenters. The zero-order valence-corrected chi connectivity index (χ0v) is 17.6. The first-order valence-electron chi connectivity index (χ1n) is 10.7. The number of aromatic nitrogens is 1. The van der Waals surface area contributed by atoms with E-state index in [1.165, 1.54) is 11.1 Å². The summed E-state index contributed by atoms with van der Waals surface area (Å²) in [5.74, 6) is 0.514. The topological polar surface area (TPSA) is 54.3 Å². The summed E-state index contributed by atoms with van der Waals surface area (Å²) in [6.07, 6.45) is 5.39. The Balaban J connectivity index is 1.50. The molecule has 2 aromatic rings. The highest BCUT2D eigenvalue weighted by Crippen LogP contribution is 2.52. The number of amides is 2. The number of fused-ring (bicyclic) bond motifs is 2. The first-order valence-corrected chi connectivity index (χ1v) is 10.7. The van der Waals surface area contributed by atoms with E-state index in [1.54, 1.807) is 0 Å². The van der Waals surface area contributed by atoms with Gasteiger partial charge < -0.3 is 14.8 Å². The Morgan fingerprint density at radius 2 is 1.86 bits per heavy atom. The highest BCUT2D eigenvalue weighted by atomic mass is 16.2. The van der Waals surface area contributed by atoms with Gasteiger partial charge in [-0.05, 0) is 67.7 Å². The second-order valence-electron chi connectivity index (χ2n) is 8.99. The van der Waals surface area contributed by atoms with Crippen molar-refractivity contribution in [1.29, 1.82) is 0 Å². The average molecular weight is 394 g/mol.